The van der Waals surface area contributed by atoms with Gasteiger partial charge in [0.1, 0.15) is 28.7 Å². The number of nitrogen functional groups attached to an aromatic ring is 1. The normalized spacial score (nSPS) is 14.8. The molecule has 3 aromatic rings. The van der Waals surface area contributed by atoms with Gasteiger partial charge >= 0.3 is 0 Å². The first-order valence-corrected chi connectivity index (χ1v) is 8.48. The van der Waals surface area contributed by atoms with E-state index in [0.717, 1.165) is 5.82 Å². The van der Waals surface area contributed by atoms with E-state index in [-0.39, 0.29) is 17.2 Å². The predicted molar refractivity (Wildman–Crippen MR) is 97.2 cm³/mol. The molecule has 0 saturated carbocycles. The molecule has 0 amide bonds. The average Bonchev–Trinajstić information content (AvgIpc) is 2.67. The van der Waals surface area contributed by atoms with Crippen LogP contribution in [0.15, 0.2) is 24.4 Å². The summed E-state index contributed by atoms with van der Waals surface area (Å²) in [5, 5.41) is -0.425. The van der Waals surface area contributed by atoms with Gasteiger partial charge in [-0.3, -0.25) is 0 Å². The monoisotopic (exact) mass is 374 g/mol. The highest BCUT2D eigenvalue weighted by Gasteiger charge is 2.29. The van der Waals surface area contributed by atoms with Gasteiger partial charge in [-0.25, -0.2) is 28.1 Å². The minimum atomic E-state index is -1.27. The Kier molecular flexibility index (Phi) is 4.21. The highest BCUT2D eigenvalue weighted by atomic mass is 19.2. The molecule has 4 rings (SSSR count). The van der Waals surface area contributed by atoms with Crippen molar-refractivity contribution in [2.24, 2.45) is 0 Å². The second-order valence-electron chi connectivity index (χ2n) is 6.33. The largest absolute Gasteiger partial charge is 0.383 e. The lowest BCUT2D eigenvalue weighted by atomic mass is 10.1. The first kappa shape index (κ1) is 17.3. The molecule has 27 heavy (non-hydrogen) atoms. The van der Waals surface area contributed by atoms with Crippen molar-refractivity contribution in [1.82, 2.24) is 15.0 Å². The molecule has 0 aliphatic carbocycles. The van der Waals surface area contributed by atoms with Gasteiger partial charge in [0.05, 0.1) is 5.39 Å². The number of aryl methyl sites for hydroxylation is 1. The van der Waals surface area contributed by atoms with Crippen molar-refractivity contribution in [2.45, 2.75) is 6.92 Å². The number of aromatic nitrogens is 3. The van der Waals surface area contributed by atoms with Crippen molar-refractivity contribution in [3.8, 4) is 0 Å². The number of piperazine rings is 1. The minimum absolute atomic E-state index is 0.191. The summed E-state index contributed by atoms with van der Waals surface area (Å²) in [6, 6.07) is 5.56. The predicted octanol–water partition coefficient (Wildman–Crippen LogP) is 2.66. The van der Waals surface area contributed by atoms with Gasteiger partial charge in [0.15, 0.2) is 17.5 Å². The highest BCUT2D eigenvalue weighted by molar-refractivity contribution is 5.92. The molecule has 1 aliphatic rings. The molecule has 140 valence electrons. The zero-order chi connectivity index (χ0) is 19.1. The molecule has 6 nitrogen and oxygen atoms in total. The third-order valence-electron chi connectivity index (χ3n) is 4.65. The second kappa shape index (κ2) is 6.57. The van der Waals surface area contributed by atoms with Gasteiger partial charge < -0.3 is 15.5 Å². The molecule has 9 heteroatoms. The van der Waals surface area contributed by atoms with Crippen LogP contribution >= 0.6 is 0 Å². The van der Waals surface area contributed by atoms with Crippen molar-refractivity contribution in [3.05, 3.63) is 47.7 Å². The molecule has 1 aromatic carbocycles. The SMILES string of the molecule is Cc1nc(N)c2c(F)c(F)c(N3CCN(c4ccccn4)CC3)c(F)c2n1. The van der Waals surface area contributed by atoms with Crippen molar-refractivity contribution in [2.75, 3.05) is 41.7 Å². The Morgan fingerprint density at radius 2 is 1.63 bits per heavy atom. The molecule has 0 unspecified atom stereocenters. The minimum Gasteiger partial charge on any atom is -0.383 e. The van der Waals surface area contributed by atoms with Crippen LogP contribution in [-0.4, -0.2) is 41.1 Å². The summed E-state index contributed by atoms with van der Waals surface area (Å²) in [6.45, 7) is 3.15. The number of benzene rings is 1. The number of rotatable bonds is 2. The van der Waals surface area contributed by atoms with E-state index < -0.39 is 28.5 Å². The third-order valence-corrected chi connectivity index (χ3v) is 4.65. The number of nitrogens with two attached hydrogens (primary N) is 1. The molecule has 2 aromatic heterocycles. The van der Waals surface area contributed by atoms with Crippen LogP contribution in [0.25, 0.3) is 10.9 Å². The molecule has 0 spiro atoms. The van der Waals surface area contributed by atoms with Gasteiger partial charge in [-0.15, -0.1) is 0 Å². The number of hydrogen-bond donors (Lipinski definition) is 1. The van der Waals surface area contributed by atoms with E-state index in [4.69, 9.17) is 5.73 Å². The summed E-state index contributed by atoms with van der Waals surface area (Å²) in [7, 11) is 0. The van der Waals surface area contributed by atoms with Crippen molar-refractivity contribution < 1.29 is 13.2 Å². The molecule has 3 heterocycles. The van der Waals surface area contributed by atoms with Gasteiger partial charge in [0.25, 0.3) is 0 Å². The van der Waals surface area contributed by atoms with Gasteiger partial charge in [-0.2, -0.15) is 0 Å². The number of pyridine rings is 1. The molecule has 1 aliphatic heterocycles. The Hall–Kier alpha value is -3.10. The van der Waals surface area contributed by atoms with Crippen LogP contribution in [0.1, 0.15) is 5.82 Å². The molecule has 1 fully saturated rings. The van der Waals surface area contributed by atoms with E-state index in [1.165, 1.54) is 11.8 Å². The number of hydrogen-bond acceptors (Lipinski definition) is 6. The fraction of sp³-hybridized carbons (Fsp3) is 0.278. The number of halogens is 3. The van der Waals surface area contributed by atoms with E-state index >= 15 is 4.39 Å². The highest BCUT2D eigenvalue weighted by Crippen LogP contribution is 2.35. The summed E-state index contributed by atoms with van der Waals surface area (Å²) >= 11 is 0. The lowest BCUT2D eigenvalue weighted by Crippen LogP contribution is -2.47. The van der Waals surface area contributed by atoms with Crippen molar-refractivity contribution >= 4 is 28.2 Å². The maximum atomic E-state index is 15.1. The average molecular weight is 374 g/mol. The molecule has 2 N–H and O–H groups in total. The summed E-state index contributed by atoms with van der Waals surface area (Å²) < 4.78 is 44.3. The Labute approximate surface area is 153 Å². The van der Waals surface area contributed by atoms with Gasteiger partial charge in [-0.05, 0) is 19.1 Å². The standard InChI is InChI=1S/C18H17F3N6/c1-10-24-16-12(18(22)25-10)13(19)14(20)17(15(16)21)27-8-6-26(7-9-27)11-4-2-3-5-23-11/h2-5H,6-9H2,1H3,(H2,22,24,25). The van der Waals surface area contributed by atoms with Gasteiger partial charge in [0, 0.05) is 32.4 Å². The summed E-state index contributed by atoms with van der Waals surface area (Å²) in [6.07, 6.45) is 1.69. The second-order valence-corrected chi connectivity index (χ2v) is 6.33. The third kappa shape index (κ3) is 2.88. The first-order valence-electron chi connectivity index (χ1n) is 8.48. The zero-order valence-electron chi connectivity index (χ0n) is 14.6. The van der Waals surface area contributed by atoms with Gasteiger partial charge in [-0.1, -0.05) is 6.07 Å². The summed E-state index contributed by atoms with van der Waals surface area (Å²) in [4.78, 5) is 15.5. The molecule has 1 saturated heterocycles. The van der Waals surface area contributed by atoms with E-state index in [1.807, 2.05) is 23.1 Å². The van der Waals surface area contributed by atoms with Gasteiger partial charge in [0.2, 0.25) is 0 Å². The van der Waals surface area contributed by atoms with Crippen molar-refractivity contribution in [1.29, 1.82) is 0 Å². The Bertz CT molecular complexity index is 1000. The van der Waals surface area contributed by atoms with Crippen LogP contribution in [0, 0.1) is 24.4 Å². The van der Waals surface area contributed by atoms with Crippen LogP contribution < -0.4 is 15.5 Å². The Morgan fingerprint density at radius 1 is 0.926 bits per heavy atom. The number of anilines is 3. The summed E-state index contributed by atoms with van der Waals surface area (Å²) in [5.74, 6) is -2.72. The Morgan fingerprint density at radius 3 is 2.30 bits per heavy atom. The molecule has 0 bridgehead atoms. The molecular weight excluding hydrogens is 357 g/mol. The van der Waals surface area contributed by atoms with Crippen LogP contribution in [-0.2, 0) is 0 Å². The lowest BCUT2D eigenvalue weighted by Gasteiger charge is -2.37. The van der Waals surface area contributed by atoms with Crippen LogP contribution in [0.5, 0.6) is 0 Å². The van der Waals surface area contributed by atoms with E-state index in [0.29, 0.717) is 26.2 Å². The molecular formula is C18H17F3N6. The number of nitrogens with zero attached hydrogens (tertiary/aromatic N) is 5. The van der Waals surface area contributed by atoms with E-state index in [1.54, 1.807) is 6.20 Å². The number of fused-ring (bicyclic) bond motifs is 1. The fourth-order valence-electron chi connectivity index (χ4n) is 3.37. The van der Waals surface area contributed by atoms with Crippen LogP contribution in [0.2, 0.25) is 0 Å². The van der Waals surface area contributed by atoms with E-state index in [2.05, 4.69) is 15.0 Å². The lowest BCUT2D eigenvalue weighted by molar-refractivity contribution is 0.496. The smallest absolute Gasteiger partial charge is 0.186 e. The zero-order valence-corrected chi connectivity index (χ0v) is 14.6. The van der Waals surface area contributed by atoms with Crippen LogP contribution in [0.3, 0.4) is 0 Å². The quantitative estimate of drug-likeness (QED) is 0.696. The Balaban J connectivity index is 1.71. The maximum Gasteiger partial charge on any atom is 0.186 e. The first-order chi connectivity index (χ1) is 13.0. The summed E-state index contributed by atoms with van der Waals surface area (Å²) in [5.41, 5.74) is 4.93. The molecule has 0 atom stereocenters. The fourth-order valence-corrected chi connectivity index (χ4v) is 3.37. The topological polar surface area (TPSA) is 71.2 Å². The van der Waals surface area contributed by atoms with Crippen LogP contribution in [0.4, 0.5) is 30.5 Å². The van der Waals surface area contributed by atoms with Crippen molar-refractivity contribution in [3.63, 3.8) is 0 Å². The molecule has 0 radical (unpaired) electrons. The maximum absolute atomic E-state index is 15.1. The van der Waals surface area contributed by atoms with E-state index in [9.17, 15) is 8.78 Å².